The number of carboxylic acids is 1. The Morgan fingerprint density at radius 3 is 2.57 bits per heavy atom. The Morgan fingerprint density at radius 1 is 1.43 bits per heavy atom. The van der Waals surface area contributed by atoms with Gasteiger partial charge in [-0.25, -0.2) is 4.79 Å². The van der Waals surface area contributed by atoms with E-state index >= 15 is 0 Å². The Bertz CT molecular complexity index is 568. The summed E-state index contributed by atoms with van der Waals surface area (Å²) in [7, 11) is 0. The average Bonchev–Trinajstić information content (AvgIpc) is 3.17. The third-order valence-electron chi connectivity index (χ3n) is 3.06. The number of anilines is 1. The molecule has 0 radical (unpaired) electrons. The van der Waals surface area contributed by atoms with Gasteiger partial charge in [0.1, 0.15) is 6.54 Å². The molecule has 1 aliphatic rings. The third kappa shape index (κ3) is 4.67. The van der Waals surface area contributed by atoms with E-state index in [1.54, 1.807) is 0 Å². The lowest BCUT2D eigenvalue weighted by atomic mass is 10.1. The van der Waals surface area contributed by atoms with E-state index in [0.29, 0.717) is 11.3 Å². The normalized spacial score (nSPS) is 15.4. The Morgan fingerprint density at radius 2 is 2.10 bits per heavy atom. The van der Waals surface area contributed by atoms with Crippen LogP contribution >= 0.6 is 11.6 Å². The zero-order chi connectivity index (χ0) is 15.6. The van der Waals surface area contributed by atoms with Crippen molar-refractivity contribution in [2.75, 3.05) is 11.4 Å². The Hall–Kier alpha value is -1.69. The molecule has 0 unspecified atom stereocenters. The van der Waals surface area contributed by atoms with Gasteiger partial charge in [0.15, 0.2) is 0 Å². The molecule has 1 aliphatic carbocycles. The second-order valence-electron chi connectivity index (χ2n) is 4.85. The smallest absolute Gasteiger partial charge is 0.405 e. The number of carboxylic acid groups (broad SMARTS) is 1. The van der Waals surface area contributed by atoms with Crippen LogP contribution in [0.25, 0.3) is 6.08 Å². The van der Waals surface area contributed by atoms with Crippen LogP contribution in [0.5, 0.6) is 0 Å². The number of aliphatic carboxylic acids is 1. The molecule has 1 aromatic carbocycles. The fourth-order valence-corrected chi connectivity index (χ4v) is 2.24. The van der Waals surface area contributed by atoms with Crippen LogP contribution in [0, 0.1) is 0 Å². The number of nitrogens with zero attached hydrogens (tertiary/aromatic N) is 1. The molecule has 1 fully saturated rings. The highest BCUT2D eigenvalue weighted by atomic mass is 35.5. The van der Waals surface area contributed by atoms with Crippen molar-refractivity contribution < 1.29 is 23.1 Å². The lowest BCUT2D eigenvalue weighted by Gasteiger charge is -2.26. The maximum absolute atomic E-state index is 12.6. The van der Waals surface area contributed by atoms with E-state index in [1.165, 1.54) is 29.2 Å². The lowest BCUT2D eigenvalue weighted by molar-refractivity contribution is -0.131. The van der Waals surface area contributed by atoms with E-state index in [9.17, 15) is 18.0 Å². The summed E-state index contributed by atoms with van der Waals surface area (Å²) in [4.78, 5) is 11.7. The van der Waals surface area contributed by atoms with Crippen LogP contribution in [0.2, 0.25) is 5.02 Å². The van der Waals surface area contributed by atoms with Gasteiger partial charge < -0.3 is 10.0 Å². The standard InChI is InChI=1S/C14H13ClF3NO2/c15-12-7-11(3-1-9(12)2-6-13(20)21)19(10-4-5-10)8-14(16,17)18/h1-3,6-7,10H,4-5,8H2,(H,20,21)/b6-2+. The second-order valence-corrected chi connectivity index (χ2v) is 5.26. The molecule has 1 N–H and O–H groups in total. The third-order valence-corrected chi connectivity index (χ3v) is 3.39. The fourth-order valence-electron chi connectivity index (χ4n) is 2.00. The monoisotopic (exact) mass is 319 g/mol. The summed E-state index contributed by atoms with van der Waals surface area (Å²) in [6.45, 7) is -1.02. The predicted molar refractivity (Wildman–Crippen MR) is 74.5 cm³/mol. The van der Waals surface area contributed by atoms with Gasteiger partial charge in [0.2, 0.25) is 0 Å². The SMILES string of the molecule is O=C(O)/C=C/c1ccc(N(CC(F)(F)F)C2CC2)cc1Cl. The molecule has 21 heavy (non-hydrogen) atoms. The first-order chi connectivity index (χ1) is 9.76. The van der Waals surface area contributed by atoms with Crippen LogP contribution in [0.4, 0.5) is 18.9 Å². The first-order valence-electron chi connectivity index (χ1n) is 6.30. The van der Waals surface area contributed by atoms with E-state index < -0.39 is 18.7 Å². The van der Waals surface area contributed by atoms with Crippen LogP contribution in [-0.2, 0) is 4.79 Å². The predicted octanol–water partition coefficient (Wildman–Crippen LogP) is 3.97. The zero-order valence-corrected chi connectivity index (χ0v) is 11.7. The van der Waals surface area contributed by atoms with E-state index in [0.717, 1.165) is 18.9 Å². The van der Waals surface area contributed by atoms with Crippen molar-refractivity contribution in [2.45, 2.75) is 25.1 Å². The molecule has 1 aromatic rings. The zero-order valence-electron chi connectivity index (χ0n) is 10.9. The molecule has 0 saturated heterocycles. The highest BCUT2D eigenvalue weighted by Gasteiger charge is 2.38. The van der Waals surface area contributed by atoms with Crippen molar-refractivity contribution in [2.24, 2.45) is 0 Å². The Labute approximate surface area is 124 Å². The van der Waals surface area contributed by atoms with Crippen molar-refractivity contribution in [1.29, 1.82) is 0 Å². The molecule has 0 amide bonds. The van der Waals surface area contributed by atoms with Crippen molar-refractivity contribution in [1.82, 2.24) is 0 Å². The maximum atomic E-state index is 12.6. The maximum Gasteiger partial charge on any atom is 0.405 e. The molecule has 0 heterocycles. The van der Waals surface area contributed by atoms with Crippen LogP contribution in [0.3, 0.4) is 0 Å². The van der Waals surface area contributed by atoms with Gasteiger partial charge in [-0.15, -0.1) is 0 Å². The Kier molecular flexibility index (Phi) is 4.46. The minimum Gasteiger partial charge on any atom is -0.478 e. The van der Waals surface area contributed by atoms with E-state index in [2.05, 4.69) is 0 Å². The molecule has 0 aromatic heterocycles. The molecule has 0 aliphatic heterocycles. The minimum absolute atomic E-state index is 0.108. The molecule has 3 nitrogen and oxygen atoms in total. The van der Waals surface area contributed by atoms with E-state index in [-0.39, 0.29) is 11.1 Å². The van der Waals surface area contributed by atoms with Crippen molar-refractivity contribution in [3.05, 3.63) is 34.9 Å². The van der Waals surface area contributed by atoms with Gasteiger partial charge >= 0.3 is 12.1 Å². The molecule has 0 atom stereocenters. The van der Waals surface area contributed by atoms with Gasteiger partial charge in [-0.3, -0.25) is 0 Å². The molecule has 0 bridgehead atoms. The van der Waals surface area contributed by atoms with Crippen LogP contribution in [-0.4, -0.2) is 29.8 Å². The Balaban J connectivity index is 2.22. The summed E-state index contributed by atoms with van der Waals surface area (Å²) in [5, 5.41) is 8.77. The number of alkyl halides is 3. The van der Waals surface area contributed by atoms with Gasteiger partial charge in [0.05, 0.1) is 0 Å². The largest absolute Gasteiger partial charge is 0.478 e. The fraction of sp³-hybridized carbons (Fsp3) is 0.357. The van der Waals surface area contributed by atoms with Gasteiger partial charge in [0.25, 0.3) is 0 Å². The van der Waals surface area contributed by atoms with Crippen LogP contribution < -0.4 is 4.90 Å². The summed E-state index contributed by atoms with van der Waals surface area (Å²) in [5.74, 6) is -1.12. The molecule has 114 valence electrons. The van der Waals surface area contributed by atoms with Crippen LogP contribution in [0.1, 0.15) is 18.4 Å². The highest BCUT2D eigenvalue weighted by molar-refractivity contribution is 6.32. The quantitative estimate of drug-likeness (QED) is 0.835. The van der Waals surface area contributed by atoms with Crippen molar-refractivity contribution >= 4 is 29.3 Å². The second kappa shape index (κ2) is 5.97. The number of hydrogen-bond donors (Lipinski definition) is 1. The molecule has 0 spiro atoms. The molecular weight excluding hydrogens is 307 g/mol. The highest BCUT2D eigenvalue weighted by Crippen LogP contribution is 2.36. The number of rotatable bonds is 5. The van der Waals surface area contributed by atoms with Gasteiger partial charge in [-0.2, -0.15) is 13.2 Å². The number of benzene rings is 1. The summed E-state index contributed by atoms with van der Waals surface area (Å²) >= 11 is 6.00. The molecule has 2 rings (SSSR count). The van der Waals surface area contributed by atoms with E-state index in [1.807, 2.05) is 0 Å². The minimum atomic E-state index is -4.28. The number of carbonyl (C=O) groups is 1. The summed E-state index contributed by atoms with van der Waals surface area (Å²) in [6, 6.07) is 4.37. The first kappa shape index (κ1) is 15.7. The average molecular weight is 320 g/mol. The first-order valence-corrected chi connectivity index (χ1v) is 6.68. The molecule has 7 heteroatoms. The summed E-state index contributed by atoms with van der Waals surface area (Å²) in [6.07, 6.45) is -0.589. The number of halogens is 4. The molecule has 1 saturated carbocycles. The van der Waals surface area contributed by atoms with Gasteiger partial charge in [-0.05, 0) is 36.6 Å². The lowest BCUT2D eigenvalue weighted by Crippen LogP contribution is -2.35. The summed E-state index contributed by atoms with van der Waals surface area (Å²) in [5.41, 5.74) is 0.845. The molecular formula is C14H13ClF3NO2. The topological polar surface area (TPSA) is 40.5 Å². The van der Waals surface area contributed by atoms with Crippen molar-refractivity contribution in [3.63, 3.8) is 0 Å². The van der Waals surface area contributed by atoms with E-state index in [4.69, 9.17) is 16.7 Å². The van der Waals surface area contributed by atoms with Crippen molar-refractivity contribution in [3.8, 4) is 0 Å². The summed E-state index contributed by atoms with van der Waals surface area (Å²) < 4.78 is 37.9. The van der Waals surface area contributed by atoms with Gasteiger partial charge in [0, 0.05) is 22.8 Å². The van der Waals surface area contributed by atoms with Crippen LogP contribution in [0.15, 0.2) is 24.3 Å². The van der Waals surface area contributed by atoms with Gasteiger partial charge in [-0.1, -0.05) is 17.7 Å². The number of hydrogen-bond acceptors (Lipinski definition) is 2.